The highest BCUT2D eigenvalue weighted by atomic mass is 19.1. The third-order valence-corrected chi connectivity index (χ3v) is 6.00. The first-order chi connectivity index (χ1) is 13.3. The van der Waals surface area contributed by atoms with Gasteiger partial charge in [0.25, 0.3) is 5.91 Å². The summed E-state index contributed by atoms with van der Waals surface area (Å²) in [6, 6.07) is 6.25. The number of hydrogen-bond donors (Lipinski definition) is 0. The molecule has 6 heteroatoms. The first kappa shape index (κ1) is 16.7. The summed E-state index contributed by atoms with van der Waals surface area (Å²) in [4.78, 5) is 20.1. The van der Waals surface area contributed by atoms with E-state index in [4.69, 9.17) is 0 Å². The summed E-state index contributed by atoms with van der Waals surface area (Å²) in [7, 11) is 0. The second-order valence-electron chi connectivity index (χ2n) is 7.73. The number of amides is 1. The van der Waals surface area contributed by atoms with Gasteiger partial charge in [0.15, 0.2) is 0 Å². The molecular weight excluding hydrogens is 343 g/mol. The molecule has 1 aromatic heterocycles. The van der Waals surface area contributed by atoms with E-state index in [1.165, 1.54) is 11.1 Å². The van der Waals surface area contributed by atoms with Gasteiger partial charge in [0.05, 0.1) is 30.4 Å². The van der Waals surface area contributed by atoms with Gasteiger partial charge in [0.2, 0.25) is 0 Å². The van der Waals surface area contributed by atoms with Crippen molar-refractivity contribution < 1.29 is 9.18 Å². The number of carbonyl (C=O) groups is 1. The molecular formula is C21H23FN4O. The average molecular weight is 366 g/mol. The monoisotopic (exact) mass is 366 g/mol. The van der Waals surface area contributed by atoms with Gasteiger partial charge in [-0.3, -0.25) is 14.5 Å². The normalized spacial score (nSPS) is 21.7. The number of nitrogens with zero attached hydrogens (tertiary/aromatic N) is 4. The van der Waals surface area contributed by atoms with Crippen LogP contribution in [-0.4, -0.2) is 52.1 Å². The van der Waals surface area contributed by atoms with Crippen molar-refractivity contribution in [2.24, 2.45) is 4.99 Å². The molecule has 1 aromatic carbocycles. The lowest BCUT2D eigenvalue weighted by molar-refractivity contribution is 0.0647. The zero-order valence-corrected chi connectivity index (χ0v) is 15.3. The van der Waals surface area contributed by atoms with Crippen LogP contribution in [-0.2, 0) is 6.54 Å². The molecule has 27 heavy (non-hydrogen) atoms. The van der Waals surface area contributed by atoms with E-state index < -0.39 is 6.67 Å². The van der Waals surface area contributed by atoms with Crippen LogP contribution in [0, 0.1) is 0 Å². The first-order valence-corrected chi connectivity index (χ1v) is 9.80. The topological polar surface area (TPSA) is 50.5 Å². The third-order valence-electron chi connectivity index (χ3n) is 6.00. The van der Waals surface area contributed by atoms with Crippen molar-refractivity contribution in [1.82, 2.24) is 14.7 Å². The molecule has 0 radical (unpaired) electrons. The number of benzene rings is 1. The number of aromatic nitrogens is 2. The Bertz CT molecular complexity index is 956. The highest BCUT2D eigenvalue weighted by molar-refractivity contribution is 6.06. The summed E-state index contributed by atoms with van der Waals surface area (Å²) in [5.41, 5.74) is 4.29. The zero-order chi connectivity index (χ0) is 18.4. The molecule has 2 aromatic rings. The quantitative estimate of drug-likeness (QED) is 0.813. The van der Waals surface area contributed by atoms with Gasteiger partial charge >= 0.3 is 0 Å². The molecule has 2 aliphatic carbocycles. The maximum Gasteiger partial charge on any atom is 0.255 e. The molecule has 1 amide bonds. The van der Waals surface area contributed by atoms with E-state index in [0.29, 0.717) is 11.6 Å². The van der Waals surface area contributed by atoms with Crippen LogP contribution in [0.4, 0.5) is 4.39 Å². The van der Waals surface area contributed by atoms with Gasteiger partial charge in [-0.2, -0.15) is 5.10 Å². The molecule has 0 bridgehead atoms. The van der Waals surface area contributed by atoms with Crippen LogP contribution in [0.5, 0.6) is 0 Å². The maximum absolute atomic E-state index is 13.6. The van der Waals surface area contributed by atoms with Crippen molar-refractivity contribution >= 4 is 23.0 Å². The fraction of sp³-hybridized carbons (Fsp3) is 0.476. The number of halogens is 1. The summed E-state index contributed by atoms with van der Waals surface area (Å²) in [5.74, 6) is 0.0897. The Hall–Kier alpha value is -2.50. The Morgan fingerprint density at radius 2 is 2.15 bits per heavy atom. The minimum absolute atomic E-state index is 0.0897. The molecule has 5 rings (SSSR count). The molecule has 0 N–H and O–H groups in total. The van der Waals surface area contributed by atoms with E-state index in [1.54, 1.807) is 10.9 Å². The Kier molecular flexibility index (Phi) is 4.06. The van der Waals surface area contributed by atoms with Gasteiger partial charge < -0.3 is 4.90 Å². The Labute approximate surface area is 157 Å². The van der Waals surface area contributed by atoms with Crippen molar-refractivity contribution in [2.75, 3.05) is 13.2 Å². The van der Waals surface area contributed by atoms with Crippen LogP contribution in [0.1, 0.15) is 42.5 Å². The van der Waals surface area contributed by atoms with Crippen molar-refractivity contribution in [2.45, 2.75) is 50.7 Å². The second-order valence-corrected chi connectivity index (χ2v) is 7.73. The molecule has 2 heterocycles. The molecule has 1 atom stereocenters. The van der Waals surface area contributed by atoms with Gasteiger partial charge in [0, 0.05) is 23.7 Å². The van der Waals surface area contributed by atoms with E-state index in [1.807, 2.05) is 24.4 Å². The van der Waals surface area contributed by atoms with E-state index in [0.717, 1.165) is 49.6 Å². The van der Waals surface area contributed by atoms with Crippen molar-refractivity contribution in [3.8, 4) is 0 Å². The molecule has 0 saturated heterocycles. The highest BCUT2D eigenvalue weighted by Gasteiger charge is 2.40. The molecule has 1 aliphatic heterocycles. The van der Waals surface area contributed by atoms with Crippen molar-refractivity contribution in [3.63, 3.8) is 0 Å². The molecule has 140 valence electrons. The number of fused-ring (bicyclic) bond motifs is 1. The number of alkyl halides is 1. The van der Waals surface area contributed by atoms with E-state index in [2.05, 4.69) is 15.0 Å². The Balaban J connectivity index is 1.48. The summed E-state index contributed by atoms with van der Waals surface area (Å²) in [6.45, 7) is 0.586. The zero-order valence-electron chi connectivity index (χ0n) is 15.3. The summed E-state index contributed by atoms with van der Waals surface area (Å²) >= 11 is 0. The maximum atomic E-state index is 13.6. The van der Waals surface area contributed by atoms with Crippen molar-refractivity contribution in [1.29, 1.82) is 0 Å². The molecule has 5 nitrogen and oxygen atoms in total. The van der Waals surface area contributed by atoms with Gasteiger partial charge in [-0.1, -0.05) is 6.07 Å². The first-order valence-electron chi connectivity index (χ1n) is 9.80. The van der Waals surface area contributed by atoms with E-state index >= 15 is 0 Å². The minimum atomic E-state index is -0.468. The minimum Gasteiger partial charge on any atom is -0.332 e. The van der Waals surface area contributed by atoms with Gasteiger partial charge in [-0.05, 0) is 55.4 Å². The van der Waals surface area contributed by atoms with Crippen LogP contribution >= 0.6 is 0 Å². The van der Waals surface area contributed by atoms with Gasteiger partial charge in [0.1, 0.15) is 6.67 Å². The number of aryl methyl sites for hydroxylation is 1. The number of aliphatic imine (C=N–C) groups is 1. The van der Waals surface area contributed by atoms with Crippen molar-refractivity contribution in [3.05, 3.63) is 41.1 Å². The molecule has 1 fully saturated rings. The highest BCUT2D eigenvalue weighted by Crippen LogP contribution is 2.38. The summed E-state index contributed by atoms with van der Waals surface area (Å²) in [5, 5.41) is 5.10. The van der Waals surface area contributed by atoms with Gasteiger partial charge in [-0.15, -0.1) is 0 Å². The molecule has 3 aliphatic rings. The van der Waals surface area contributed by atoms with Crippen LogP contribution < -0.4 is 0 Å². The van der Waals surface area contributed by atoms with E-state index in [-0.39, 0.29) is 18.5 Å². The number of hydrogen-bond acceptors (Lipinski definition) is 3. The van der Waals surface area contributed by atoms with Gasteiger partial charge in [-0.25, -0.2) is 4.39 Å². The smallest absolute Gasteiger partial charge is 0.255 e. The number of carbonyl (C=O) groups excluding carboxylic acids is 1. The standard InChI is InChI=1S/C21H23FN4O/c22-8-9-25-20-3-1-2-18(19(20)13-24-25)21(27)26(16-6-7-16)17-5-4-14-11-23-12-15(14)10-17/h1-3,12-13,16-17H,4-11H2. The predicted molar refractivity (Wildman–Crippen MR) is 103 cm³/mol. The predicted octanol–water partition coefficient (Wildman–Crippen LogP) is 3.54. The summed E-state index contributed by atoms with van der Waals surface area (Å²) < 4.78 is 14.4. The SMILES string of the molecule is O=C(c1cccc2c1cnn2CCF)N(C1CC1)C1CCC2=C(C=NC2)C1. The Morgan fingerprint density at radius 1 is 1.26 bits per heavy atom. The lowest BCUT2D eigenvalue weighted by Gasteiger charge is -2.35. The second kappa shape index (κ2) is 6.59. The van der Waals surface area contributed by atoms with Crippen LogP contribution in [0.25, 0.3) is 10.9 Å². The largest absolute Gasteiger partial charge is 0.332 e. The summed E-state index contributed by atoms with van der Waals surface area (Å²) in [6.07, 6.45) is 8.83. The molecule has 1 saturated carbocycles. The fourth-order valence-corrected chi connectivity index (χ4v) is 4.50. The van der Waals surface area contributed by atoms with Crippen LogP contribution in [0.3, 0.4) is 0 Å². The third kappa shape index (κ3) is 2.87. The molecule has 1 unspecified atom stereocenters. The average Bonchev–Trinajstić information content (AvgIpc) is 3.25. The van der Waals surface area contributed by atoms with E-state index in [9.17, 15) is 9.18 Å². The Morgan fingerprint density at radius 3 is 2.96 bits per heavy atom. The van der Waals surface area contributed by atoms with Crippen LogP contribution in [0.15, 0.2) is 40.5 Å². The lowest BCUT2D eigenvalue weighted by Crippen LogP contribution is -2.43. The number of rotatable bonds is 5. The molecule has 0 spiro atoms. The van der Waals surface area contributed by atoms with Crippen LogP contribution in [0.2, 0.25) is 0 Å². The fourth-order valence-electron chi connectivity index (χ4n) is 4.50. The lowest BCUT2D eigenvalue weighted by atomic mass is 9.88.